The Hall–Kier alpha value is -0.220. The van der Waals surface area contributed by atoms with Gasteiger partial charge < -0.3 is 10.4 Å². The van der Waals surface area contributed by atoms with Crippen molar-refractivity contribution in [2.75, 3.05) is 18.1 Å². The van der Waals surface area contributed by atoms with E-state index in [-0.39, 0.29) is 18.6 Å². The summed E-state index contributed by atoms with van der Waals surface area (Å²) in [5.74, 6) is 3.50. The minimum atomic E-state index is 0.116. The molecular formula is C13H25NO2S. The van der Waals surface area contributed by atoms with E-state index in [0.29, 0.717) is 24.7 Å². The number of carbonyl (C=O) groups is 1. The number of amides is 1. The van der Waals surface area contributed by atoms with Crippen molar-refractivity contribution in [2.24, 2.45) is 11.8 Å². The second-order valence-electron chi connectivity index (χ2n) is 5.19. The summed E-state index contributed by atoms with van der Waals surface area (Å²) in [6, 6.07) is 0.116. The van der Waals surface area contributed by atoms with Crippen LogP contribution in [0, 0.1) is 11.8 Å². The van der Waals surface area contributed by atoms with Gasteiger partial charge in [0, 0.05) is 19.1 Å². The summed E-state index contributed by atoms with van der Waals surface area (Å²) in [4.78, 5) is 11.9. The van der Waals surface area contributed by atoms with E-state index in [1.807, 2.05) is 11.8 Å². The van der Waals surface area contributed by atoms with Crippen LogP contribution in [0.3, 0.4) is 0 Å². The maximum Gasteiger partial charge on any atom is 0.220 e. The van der Waals surface area contributed by atoms with Gasteiger partial charge in [0.05, 0.1) is 0 Å². The van der Waals surface area contributed by atoms with Gasteiger partial charge in [-0.2, -0.15) is 11.8 Å². The van der Waals surface area contributed by atoms with Gasteiger partial charge in [0.25, 0.3) is 0 Å². The lowest BCUT2D eigenvalue weighted by atomic mass is 9.97. The Balaban J connectivity index is 2.30. The van der Waals surface area contributed by atoms with Gasteiger partial charge in [0.15, 0.2) is 0 Å². The van der Waals surface area contributed by atoms with Crippen LogP contribution in [0.15, 0.2) is 0 Å². The van der Waals surface area contributed by atoms with Gasteiger partial charge in [-0.3, -0.25) is 4.79 Å². The summed E-state index contributed by atoms with van der Waals surface area (Å²) in [7, 11) is 0. The Bertz CT molecular complexity index is 227. The van der Waals surface area contributed by atoms with E-state index in [9.17, 15) is 4.79 Å². The van der Waals surface area contributed by atoms with Gasteiger partial charge in [-0.1, -0.05) is 13.8 Å². The van der Waals surface area contributed by atoms with Crippen molar-refractivity contribution >= 4 is 17.7 Å². The highest BCUT2D eigenvalue weighted by atomic mass is 32.2. The first-order valence-corrected chi connectivity index (χ1v) is 7.77. The summed E-state index contributed by atoms with van der Waals surface area (Å²) < 4.78 is 0. The molecule has 1 heterocycles. The molecule has 2 N–H and O–H groups in total. The normalized spacial score (nSPS) is 19.3. The molecule has 1 unspecified atom stereocenters. The molecule has 1 aliphatic rings. The Morgan fingerprint density at radius 3 is 2.59 bits per heavy atom. The molecule has 3 nitrogen and oxygen atoms in total. The SMILES string of the molecule is CC(C)C(CCO)NC(=O)CC1CCSCC1. The number of rotatable bonds is 6. The molecule has 0 aromatic rings. The van der Waals surface area contributed by atoms with Crippen LogP contribution in [-0.4, -0.2) is 35.2 Å². The van der Waals surface area contributed by atoms with Crippen LogP contribution < -0.4 is 5.32 Å². The van der Waals surface area contributed by atoms with Crippen LogP contribution in [0.1, 0.15) is 39.5 Å². The number of hydrogen-bond donors (Lipinski definition) is 2. The minimum Gasteiger partial charge on any atom is -0.396 e. The third-order valence-corrected chi connectivity index (χ3v) is 4.45. The summed E-state index contributed by atoms with van der Waals surface area (Å²) in [5.41, 5.74) is 0. The lowest BCUT2D eigenvalue weighted by Gasteiger charge is -2.25. The van der Waals surface area contributed by atoms with Gasteiger partial charge in [0.1, 0.15) is 0 Å². The van der Waals surface area contributed by atoms with E-state index in [1.165, 1.54) is 24.3 Å². The van der Waals surface area contributed by atoms with E-state index in [0.717, 1.165) is 0 Å². The van der Waals surface area contributed by atoms with Crippen LogP contribution in [0.4, 0.5) is 0 Å². The highest BCUT2D eigenvalue weighted by Crippen LogP contribution is 2.25. The number of aliphatic hydroxyl groups excluding tert-OH is 1. The van der Waals surface area contributed by atoms with Gasteiger partial charge in [-0.05, 0) is 42.6 Å². The molecule has 1 rings (SSSR count). The number of hydrogen-bond acceptors (Lipinski definition) is 3. The first kappa shape index (κ1) is 14.8. The quantitative estimate of drug-likeness (QED) is 0.767. The number of carbonyl (C=O) groups excluding carboxylic acids is 1. The molecule has 0 aromatic carbocycles. The molecule has 4 heteroatoms. The third-order valence-electron chi connectivity index (χ3n) is 3.41. The predicted molar refractivity (Wildman–Crippen MR) is 73.1 cm³/mol. The van der Waals surface area contributed by atoms with Crippen LogP contribution in [0.2, 0.25) is 0 Å². The molecule has 0 aliphatic carbocycles. The lowest BCUT2D eigenvalue weighted by molar-refractivity contribution is -0.123. The Labute approximate surface area is 109 Å². The third kappa shape index (κ3) is 5.77. The fourth-order valence-electron chi connectivity index (χ4n) is 2.19. The van der Waals surface area contributed by atoms with Gasteiger partial charge in [-0.25, -0.2) is 0 Å². The predicted octanol–water partition coefficient (Wildman–Crippen LogP) is 2.04. The lowest BCUT2D eigenvalue weighted by Crippen LogP contribution is -2.40. The monoisotopic (exact) mass is 259 g/mol. The van der Waals surface area contributed by atoms with E-state index >= 15 is 0 Å². The van der Waals surface area contributed by atoms with Crippen molar-refractivity contribution in [1.29, 1.82) is 0 Å². The molecule has 0 spiro atoms. The molecular weight excluding hydrogens is 234 g/mol. The van der Waals surface area contributed by atoms with Crippen molar-refractivity contribution in [3.05, 3.63) is 0 Å². The standard InChI is InChI=1S/C13H25NO2S/c1-10(2)12(3-6-15)14-13(16)9-11-4-7-17-8-5-11/h10-12,15H,3-9H2,1-2H3,(H,14,16). The number of aliphatic hydroxyl groups is 1. The second kappa shape index (κ2) is 7.98. The highest BCUT2D eigenvalue weighted by Gasteiger charge is 2.20. The maximum absolute atomic E-state index is 11.9. The number of thioether (sulfide) groups is 1. The van der Waals surface area contributed by atoms with Gasteiger partial charge in [0.2, 0.25) is 5.91 Å². The topological polar surface area (TPSA) is 49.3 Å². The van der Waals surface area contributed by atoms with E-state index in [4.69, 9.17) is 5.11 Å². The Morgan fingerprint density at radius 1 is 1.41 bits per heavy atom. The largest absolute Gasteiger partial charge is 0.396 e. The smallest absolute Gasteiger partial charge is 0.220 e. The molecule has 1 atom stereocenters. The van der Waals surface area contributed by atoms with Crippen LogP contribution in [0.25, 0.3) is 0 Å². The molecule has 100 valence electrons. The summed E-state index contributed by atoms with van der Waals surface area (Å²) in [6.45, 7) is 4.30. The Morgan fingerprint density at radius 2 is 2.06 bits per heavy atom. The van der Waals surface area contributed by atoms with Crippen molar-refractivity contribution < 1.29 is 9.90 Å². The fraction of sp³-hybridized carbons (Fsp3) is 0.923. The zero-order valence-electron chi connectivity index (χ0n) is 10.9. The molecule has 0 aromatic heterocycles. The van der Waals surface area contributed by atoms with Crippen molar-refractivity contribution in [3.63, 3.8) is 0 Å². The van der Waals surface area contributed by atoms with E-state index < -0.39 is 0 Å². The maximum atomic E-state index is 11.9. The zero-order chi connectivity index (χ0) is 12.7. The number of nitrogens with one attached hydrogen (secondary N) is 1. The average Bonchev–Trinajstić information content (AvgIpc) is 2.29. The molecule has 0 saturated carbocycles. The summed E-state index contributed by atoms with van der Waals surface area (Å²) in [5, 5.41) is 12.0. The van der Waals surface area contributed by atoms with Crippen molar-refractivity contribution in [3.8, 4) is 0 Å². The second-order valence-corrected chi connectivity index (χ2v) is 6.41. The molecule has 1 amide bonds. The van der Waals surface area contributed by atoms with E-state index in [1.54, 1.807) is 0 Å². The molecule has 17 heavy (non-hydrogen) atoms. The van der Waals surface area contributed by atoms with Crippen LogP contribution in [-0.2, 0) is 4.79 Å². The molecule has 1 fully saturated rings. The molecule has 1 saturated heterocycles. The van der Waals surface area contributed by atoms with Gasteiger partial charge >= 0.3 is 0 Å². The molecule has 0 radical (unpaired) electrons. The highest BCUT2D eigenvalue weighted by molar-refractivity contribution is 7.99. The van der Waals surface area contributed by atoms with Crippen LogP contribution in [0.5, 0.6) is 0 Å². The summed E-state index contributed by atoms with van der Waals surface area (Å²) >= 11 is 1.99. The first-order chi connectivity index (χ1) is 8.13. The summed E-state index contributed by atoms with van der Waals surface area (Å²) in [6.07, 6.45) is 3.66. The molecule has 0 bridgehead atoms. The molecule has 1 aliphatic heterocycles. The minimum absolute atomic E-state index is 0.116. The fourth-order valence-corrected chi connectivity index (χ4v) is 3.39. The van der Waals surface area contributed by atoms with E-state index in [2.05, 4.69) is 19.2 Å². The van der Waals surface area contributed by atoms with Crippen molar-refractivity contribution in [1.82, 2.24) is 5.32 Å². The average molecular weight is 259 g/mol. The first-order valence-electron chi connectivity index (χ1n) is 6.61. The zero-order valence-corrected chi connectivity index (χ0v) is 11.8. The van der Waals surface area contributed by atoms with Crippen LogP contribution >= 0.6 is 11.8 Å². The Kier molecular flexibility index (Phi) is 6.97. The van der Waals surface area contributed by atoms with Crippen molar-refractivity contribution in [2.45, 2.75) is 45.6 Å². The van der Waals surface area contributed by atoms with Gasteiger partial charge in [-0.15, -0.1) is 0 Å².